The van der Waals surface area contributed by atoms with Crippen LogP contribution in [0, 0.1) is 5.92 Å². The number of aliphatic hydroxyl groups is 1. The summed E-state index contributed by atoms with van der Waals surface area (Å²) in [7, 11) is 0. The highest BCUT2D eigenvalue weighted by atomic mass is 35.5. The lowest BCUT2D eigenvalue weighted by molar-refractivity contribution is 0.0648. The number of carbonyl (C=O) groups excluding carboxylic acids is 1. The monoisotopic (exact) mass is 269 g/mol. The maximum absolute atomic E-state index is 12.3. The highest BCUT2D eigenvalue weighted by Crippen LogP contribution is 2.28. The summed E-state index contributed by atoms with van der Waals surface area (Å²) in [5.74, 6) is 0.105. The minimum absolute atomic E-state index is 0.0290. The third-order valence-corrected chi connectivity index (χ3v) is 3.83. The average Bonchev–Trinajstić information content (AvgIpc) is 2.73. The molecule has 2 unspecified atom stereocenters. The van der Waals surface area contributed by atoms with E-state index in [9.17, 15) is 15.0 Å². The van der Waals surface area contributed by atoms with Crippen molar-refractivity contribution in [1.29, 1.82) is 0 Å². The topological polar surface area (TPSA) is 60.8 Å². The van der Waals surface area contributed by atoms with Crippen LogP contribution < -0.4 is 0 Å². The van der Waals surface area contributed by atoms with E-state index in [1.165, 1.54) is 12.1 Å². The van der Waals surface area contributed by atoms with Gasteiger partial charge >= 0.3 is 0 Å². The number of halogens is 1. The molecule has 0 aromatic heterocycles. The molecule has 1 heterocycles. The van der Waals surface area contributed by atoms with E-state index >= 15 is 0 Å². The normalized spacial score (nSPS) is 23.4. The molecule has 4 nitrogen and oxygen atoms in total. The molecule has 98 valence electrons. The summed E-state index contributed by atoms with van der Waals surface area (Å²) in [6.45, 7) is 2.64. The van der Waals surface area contributed by atoms with E-state index in [1.807, 2.05) is 6.92 Å². The molecule has 2 atom stereocenters. The van der Waals surface area contributed by atoms with Gasteiger partial charge in [0.2, 0.25) is 0 Å². The van der Waals surface area contributed by atoms with Crippen molar-refractivity contribution in [3.05, 3.63) is 28.8 Å². The minimum Gasteiger partial charge on any atom is -0.506 e. The first kappa shape index (κ1) is 13.2. The summed E-state index contributed by atoms with van der Waals surface area (Å²) in [6.07, 6.45) is 0.892. The lowest BCUT2D eigenvalue weighted by atomic mass is 10.0. The first-order valence-corrected chi connectivity index (χ1v) is 6.32. The van der Waals surface area contributed by atoms with Gasteiger partial charge in [0.15, 0.2) is 0 Å². The van der Waals surface area contributed by atoms with Crippen molar-refractivity contribution in [1.82, 2.24) is 4.90 Å². The van der Waals surface area contributed by atoms with Gasteiger partial charge in [-0.25, -0.2) is 0 Å². The molecule has 1 aliphatic rings. The molecule has 1 aromatic carbocycles. The molecule has 0 saturated carbocycles. The molecule has 1 saturated heterocycles. The summed E-state index contributed by atoms with van der Waals surface area (Å²) in [5.41, 5.74) is 0.436. The summed E-state index contributed by atoms with van der Waals surface area (Å²) in [4.78, 5) is 14.0. The van der Waals surface area contributed by atoms with E-state index in [0.717, 1.165) is 6.42 Å². The number of aliphatic hydroxyl groups excluding tert-OH is 1. The van der Waals surface area contributed by atoms with Gasteiger partial charge in [-0.3, -0.25) is 4.79 Å². The standard InChI is InChI=1S/C13H16ClNO3/c1-8-4-5-15(11(8)7-16)13(18)9-2-3-12(17)10(14)6-9/h2-3,6,8,11,16-17H,4-5,7H2,1H3. The molecular formula is C13H16ClNO3. The Hall–Kier alpha value is -1.26. The van der Waals surface area contributed by atoms with Gasteiger partial charge in [0.25, 0.3) is 5.91 Å². The van der Waals surface area contributed by atoms with Crippen molar-refractivity contribution >= 4 is 17.5 Å². The van der Waals surface area contributed by atoms with E-state index in [4.69, 9.17) is 11.6 Å². The lowest BCUT2D eigenvalue weighted by Crippen LogP contribution is -2.39. The van der Waals surface area contributed by atoms with E-state index < -0.39 is 0 Å². The number of likely N-dealkylation sites (tertiary alicyclic amines) is 1. The molecule has 1 aliphatic heterocycles. The Balaban J connectivity index is 2.23. The summed E-state index contributed by atoms with van der Waals surface area (Å²) in [6, 6.07) is 4.27. The number of carbonyl (C=O) groups is 1. The van der Waals surface area contributed by atoms with Crippen LogP contribution in [0.1, 0.15) is 23.7 Å². The first-order valence-electron chi connectivity index (χ1n) is 5.95. The second-order valence-electron chi connectivity index (χ2n) is 4.68. The highest BCUT2D eigenvalue weighted by molar-refractivity contribution is 6.32. The average molecular weight is 270 g/mol. The fraction of sp³-hybridized carbons (Fsp3) is 0.462. The van der Waals surface area contributed by atoms with Gasteiger partial charge in [-0.15, -0.1) is 0 Å². The van der Waals surface area contributed by atoms with Crippen LogP contribution in [0.5, 0.6) is 5.75 Å². The molecule has 1 amide bonds. The Kier molecular flexibility index (Phi) is 3.78. The molecule has 0 radical (unpaired) electrons. The predicted molar refractivity (Wildman–Crippen MR) is 68.8 cm³/mol. The molecule has 1 aromatic rings. The van der Waals surface area contributed by atoms with Crippen molar-refractivity contribution in [2.75, 3.05) is 13.2 Å². The molecular weight excluding hydrogens is 254 g/mol. The number of hydrogen-bond acceptors (Lipinski definition) is 3. The Morgan fingerprint density at radius 3 is 2.89 bits per heavy atom. The molecule has 1 fully saturated rings. The van der Waals surface area contributed by atoms with Gasteiger partial charge in [-0.2, -0.15) is 0 Å². The van der Waals surface area contributed by atoms with Crippen LogP contribution in [0.2, 0.25) is 5.02 Å². The SMILES string of the molecule is CC1CCN(C(=O)c2ccc(O)c(Cl)c2)C1CO. The van der Waals surface area contributed by atoms with E-state index in [2.05, 4.69) is 0 Å². The van der Waals surface area contributed by atoms with Gasteiger partial charge < -0.3 is 15.1 Å². The van der Waals surface area contributed by atoms with Crippen molar-refractivity contribution in [3.63, 3.8) is 0 Å². The van der Waals surface area contributed by atoms with E-state index in [0.29, 0.717) is 18.0 Å². The van der Waals surface area contributed by atoms with Gasteiger partial charge in [0.05, 0.1) is 17.7 Å². The fourth-order valence-corrected chi connectivity index (χ4v) is 2.53. The quantitative estimate of drug-likeness (QED) is 0.862. The van der Waals surface area contributed by atoms with Gasteiger partial charge in [-0.1, -0.05) is 18.5 Å². The number of hydrogen-bond donors (Lipinski definition) is 2. The number of phenolic OH excluding ortho intramolecular Hbond substituents is 1. The summed E-state index contributed by atoms with van der Waals surface area (Å²) in [5, 5.41) is 18.8. The number of benzene rings is 1. The summed E-state index contributed by atoms with van der Waals surface area (Å²) >= 11 is 5.79. The number of nitrogens with zero attached hydrogens (tertiary/aromatic N) is 1. The molecule has 0 aliphatic carbocycles. The third-order valence-electron chi connectivity index (χ3n) is 3.53. The summed E-state index contributed by atoms with van der Waals surface area (Å²) < 4.78 is 0. The number of phenols is 1. The van der Waals surface area contributed by atoms with Crippen LogP contribution in [0.15, 0.2) is 18.2 Å². The zero-order valence-electron chi connectivity index (χ0n) is 10.1. The van der Waals surface area contributed by atoms with Crippen LogP contribution >= 0.6 is 11.6 Å². The maximum atomic E-state index is 12.3. The first-order chi connectivity index (χ1) is 8.54. The molecule has 0 bridgehead atoms. The van der Waals surface area contributed by atoms with Gasteiger partial charge in [-0.05, 0) is 30.5 Å². The Bertz CT molecular complexity index is 464. The van der Waals surface area contributed by atoms with Crippen LogP contribution in [0.25, 0.3) is 0 Å². The van der Waals surface area contributed by atoms with Crippen LogP contribution in [-0.2, 0) is 0 Å². The molecule has 2 N–H and O–H groups in total. The van der Waals surface area contributed by atoms with Crippen molar-refractivity contribution in [2.24, 2.45) is 5.92 Å². The largest absolute Gasteiger partial charge is 0.506 e. The molecule has 5 heteroatoms. The van der Waals surface area contributed by atoms with Crippen molar-refractivity contribution in [2.45, 2.75) is 19.4 Å². The Morgan fingerprint density at radius 1 is 1.56 bits per heavy atom. The molecule has 2 rings (SSSR count). The molecule has 18 heavy (non-hydrogen) atoms. The Morgan fingerprint density at radius 2 is 2.28 bits per heavy atom. The lowest BCUT2D eigenvalue weighted by Gasteiger charge is -2.25. The van der Waals surface area contributed by atoms with Crippen LogP contribution in [0.4, 0.5) is 0 Å². The molecule has 0 spiro atoms. The zero-order valence-corrected chi connectivity index (χ0v) is 10.9. The van der Waals surface area contributed by atoms with Crippen LogP contribution in [0.3, 0.4) is 0 Å². The van der Waals surface area contributed by atoms with Crippen molar-refractivity contribution < 1.29 is 15.0 Å². The third kappa shape index (κ3) is 2.31. The number of amides is 1. The van der Waals surface area contributed by atoms with Gasteiger partial charge in [0, 0.05) is 12.1 Å². The minimum atomic E-state index is -0.152. The van der Waals surface area contributed by atoms with Gasteiger partial charge in [0.1, 0.15) is 5.75 Å². The second-order valence-corrected chi connectivity index (χ2v) is 5.09. The number of aromatic hydroxyl groups is 1. The maximum Gasteiger partial charge on any atom is 0.254 e. The van der Waals surface area contributed by atoms with Crippen molar-refractivity contribution in [3.8, 4) is 5.75 Å². The smallest absolute Gasteiger partial charge is 0.254 e. The second kappa shape index (κ2) is 5.16. The van der Waals surface area contributed by atoms with E-state index in [1.54, 1.807) is 11.0 Å². The Labute approximate surface area is 111 Å². The predicted octanol–water partition coefficient (Wildman–Crippen LogP) is 1.89. The highest BCUT2D eigenvalue weighted by Gasteiger charge is 2.34. The van der Waals surface area contributed by atoms with E-state index in [-0.39, 0.29) is 29.3 Å². The van der Waals surface area contributed by atoms with Crippen LogP contribution in [-0.4, -0.2) is 40.2 Å². The zero-order chi connectivity index (χ0) is 13.3. The number of rotatable bonds is 2. The fourth-order valence-electron chi connectivity index (χ4n) is 2.34.